The van der Waals surface area contributed by atoms with E-state index in [1.807, 2.05) is 19.1 Å². The Morgan fingerprint density at radius 3 is 2.67 bits per heavy atom. The van der Waals surface area contributed by atoms with Crippen LogP contribution in [0.1, 0.15) is 32.6 Å². The lowest BCUT2D eigenvalue weighted by atomic mass is 9.81. The first-order valence-electron chi connectivity index (χ1n) is 6.87. The van der Waals surface area contributed by atoms with Gasteiger partial charge in [-0.1, -0.05) is 18.7 Å². The van der Waals surface area contributed by atoms with Crippen molar-refractivity contribution in [1.82, 2.24) is 0 Å². The van der Waals surface area contributed by atoms with Crippen molar-refractivity contribution in [3.05, 3.63) is 58.7 Å². The van der Waals surface area contributed by atoms with Crippen molar-refractivity contribution >= 4 is 12.0 Å². The Morgan fingerprint density at radius 1 is 1.24 bits per heavy atom. The molecule has 2 aromatic rings. The highest BCUT2D eigenvalue weighted by Gasteiger charge is 2.21. The molecule has 0 saturated heterocycles. The number of phenolic OH excluding ortho intramolecular Hbond substituents is 1. The van der Waals surface area contributed by atoms with E-state index >= 15 is 0 Å². The molecule has 1 aliphatic rings. The lowest BCUT2D eigenvalue weighted by Gasteiger charge is -2.23. The van der Waals surface area contributed by atoms with Gasteiger partial charge in [0.2, 0.25) is 0 Å². The molecule has 0 fully saturated rings. The molecule has 0 spiro atoms. The van der Waals surface area contributed by atoms with E-state index < -0.39 is 5.97 Å². The van der Waals surface area contributed by atoms with Crippen molar-refractivity contribution in [2.75, 3.05) is 0 Å². The normalized spacial score (nSPS) is 12.4. The van der Waals surface area contributed by atoms with Gasteiger partial charge in [-0.25, -0.2) is 4.79 Å². The summed E-state index contributed by atoms with van der Waals surface area (Å²) in [5, 5.41) is 19.1. The molecule has 3 rings (SSSR count). The molecule has 0 radical (unpaired) electrons. The van der Waals surface area contributed by atoms with Gasteiger partial charge in [-0.05, 0) is 71.3 Å². The van der Waals surface area contributed by atoms with Gasteiger partial charge in [0, 0.05) is 0 Å². The minimum Gasteiger partial charge on any atom is -0.508 e. The Bertz CT molecular complexity index is 773. The molecule has 0 saturated carbocycles. The van der Waals surface area contributed by atoms with Crippen LogP contribution in [0, 0.1) is 6.92 Å². The maximum atomic E-state index is 11.3. The number of rotatable bonds is 2. The average Bonchev–Trinajstić information content (AvgIpc) is 2.49. The Labute approximate surface area is 123 Å². The number of aryl methyl sites for hydroxylation is 1. The number of hydrogen-bond acceptors (Lipinski definition) is 2. The van der Waals surface area contributed by atoms with Gasteiger partial charge in [0.1, 0.15) is 5.75 Å². The zero-order chi connectivity index (χ0) is 15.1. The summed E-state index contributed by atoms with van der Waals surface area (Å²) in [6.45, 7) is 5.62. The van der Waals surface area contributed by atoms with Gasteiger partial charge in [0.15, 0.2) is 0 Å². The molecule has 21 heavy (non-hydrogen) atoms. The van der Waals surface area contributed by atoms with Gasteiger partial charge >= 0.3 is 5.97 Å². The lowest BCUT2D eigenvalue weighted by molar-refractivity contribution is 0.0696. The molecule has 2 aromatic carbocycles. The van der Waals surface area contributed by atoms with Crippen molar-refractivity contribution in [2.24, 2.45) is 0 Å². The molecule has 0 bridgehead atoms. The van der Waals surface area contributed by atoms with Crippen LogP contribution in [0.4, 0.5) is 0 Å². The minimum absolute atomic E-state index is 0.294. The predicted molar refractivity (Wildman–Crippen MR) is 82.7 cm³/mol. The molecule has 0 heterocycles. The van der Waals surface area contributed by atoms with Crippen molar-refractivity contribution in [2.45, 2.75) is 19.8 Å². The van der Waals surface area contributed by atoms with Gasteiger partial charge in [-0.15, -0.1) is 0 Å². The molecule has 3 heteroatoms. The zero-order valence-electron chi connectivity index (χ0n) is 11.8. The summed E-state index contributed by atoms with van der Waals surface area (Å²) < 4.78 is 0. The minimum atomic E-state index is -0.930. The number of carboxylic acids is 1. The molecular formula is C18H16O3. The number of aromatic carboxylic acids is 1. The van der Waals surface area contributed by atoms with Gasteiger partial charge in [0.05, 0.1) is 5.56 Å². The first kappa shape index (κ1) is 13.4. The van der Waals surface area contributed by atoms with Crippen molar-refractivity contribution in [3.8, 4) is 16.9 Å². The van der Waals surface area contributed by atoms with E-state index in [2.05, 4.69) is 6.58 Å². The van der Waals surface area contributed by atoms with Crippen LogP contribution < -0.4 is 0 Å². The standard InChI is InChI=1S/C18H16O3/c1-3-11-8-15-12(9-16(11)18(20)21)4-5-13-10(2)17(19)7-6-14(13)15/h3,6-9,19H,1,4-5H2,2H3,(H,20,21). The Hall–Kier alpha value is -2.55. The molecule has 106 valence electrons. The summed E-state index contributed by atoms with van der Waals surface area (Å²) in [4.78, 5) is 11.3. The van der Waals surface area contributed by atoms with Crippen LogP contribution >= 0.6 is 0 Å². The van der Waals surface area contributed by atoms with E-state index in [1.54, 1.807) is 18.2 Å². The third kappa shape index (κ3) is 2.02. The molecule has 3 nitrogen and oxygen atoms in total. The first-order chi connectivity index (χ1) is 10.0. The maximum absolute atomic E-state index is 11.3. The highest BCUT2D eigenvalue weighted by atomic mass is 16.4. The van der Waals surface area contributed by atoms with E-state index in [-0.39, 0.29) is 0 Å². The van der Waals surface area contributed by atoms with Gasteiger partial charge in [-0.3, -0.25) is 0 Å². The second kappa shape index (κ2) is 4.77. The van der Waals surface area contributed by atoms with Gasteiger partial charge < -0.3 is 10.2 Å². The monoisotopic (exact) mass is 280 g/mol. The summed E-state index contributed by atoms with van der Waals surface area (Å²) >= 11 is 0. The van der Waals surface area contributed by atoms with Crippen LogP contribution in [0.25, 0.3) is 17.2 Å². The third-order valence-electron chi connectivity index (χ3n) is 4.23. The summed E-state index contributed by atoms with van der Waals surface area (Å²) in [5.41, 5.74) is 6.12. The summed E-state index contributed by atoms with van der Waals surface area (Å²) in [6.07, 6.45) is 3.17. The topological polar surface area (TPSA) is 57.5 Å². The molecule has 0 aliphatic heterocycles. The SMILES string of the molecule is C=Cc1cc2c(cc1C(=O)O)CCc1c-2ccc(O)c1C. The van der Waals surface area contributed by atoms with Crippen LogP contribution in [0.15, 0.2) is 30.8 Å². The van der Waals surface area contributed by atoms with Gasteiger partial charge in [-0.2, -0.15) is 0 Å². The fraction of sp³-hybridized carbons (Fsp3) is 0.167. The zero-order valence-corrected chi connectivity index (χ0v) is 11.8. The largest absolute Gasteiger partial charge is 0.508 e. The number of phenols is 1. The van der Waals surface area contributed by atoms with E-state index in [0.717, 1.165) is 40.7 Å². The van der Waals surface area contributed by atoms with Crippen LogP contribution in [-0.2, 0) is 12.8 Å². The Kier molecular flexibility index (Phi) is 3.05. The molecular weight excluding hydrogens is 264 g/mol. The van der Waals surface area contributed by atoms with Crippen molar-refractivity contribution < 1.29 is 15.0 Å². The van der Waals surface area contributed by atoms with Crippen LogP contribution in [-0.4, -0.2) is 16.2 Å². The number of hydrogen-bond donors (Lipinski definition) is 2. The smallest absolute Gasteiger partial charge is 0.336 e. The van der Waals surface area contributed by atoms with E-state index in [0.29, 0.717) is 16.9 Å². The highest BCUT2D eigenvalue weighted by molar-refractivity contribution is 5.94. The third-order valence-corrected chi connectivity index (χ3v) is 4.23. The second-order valence-electron chi connectivity index (χ2n) is 5.34. The van der Waals surface area contributed by atoms with Crippen molar-refractivity contribution in [1.29, 1.82) is 0 Å². The summed E-state index contributed by atoms with van der Waals surface area (Å²) in [5.74, 6) is -0.622. The first-order valence-corrected chi connectivity index (χ1v) is 6.87. The van der Waals surface area contributed by atoms with E-state index in [9.17, 15) is 15.0 Å². The van der Waals surface area contributed by atoms with Gasteiger partial charge in [0.25, 0.3) is 0 Å². The fourth-order valence-corrected chi connectivity index (χ4v) is 3.05. The number of fused-ring (bicyclic) bond motifs is 3. The van der Waals surface area contributed by atoms with Crippen LogP contribution in [0.2, 0.25) is 0 Å². The van der Waals surface area contributed by atoms with E-state index in [4.69, 9.17) is 0 Å². The summed E-state index contributed by atoms with van der Waals surface area (Å²) in [7, 11) is 0. The molecule has 0 atom stereocenters. The molecule has 0 amide bonds. The molecule has 0 aromatic heterocycles. The predicted octanol–water partition coefficient (Wildman–Crippen LogP) is 3.81. The van der Waals surface area contributed by atoms with Crippen molar-refractivity contribution in [3.63, 3.8) is 0 Å². The second-order valence-corrected chi connectivity index (χ2v) is 5.34. The fourth-order valence-electron chi connectivity index (χ4n) is 3.05. The lowest BCUT2D eigenvalue weighted by Crippen LogP contribution is -2.09. The number of carbonyl (C=O) groups is 1. The number of carboxylic acid groups (broad SMARTS) is 1. The Balaban J connectivity index is 2.28. The molecule has 0 unspecified atom stereocenters. The molecule has 1 aliphatic carbocycles. The average molecular weight is 280 g/mol. The summed E-state index contributed by atoms with van der Waals surface area (Å²) in [6, 6.07) is 7.24. The van der Waals surface area contributed by atoms with E-state index in [1.165, 1.54) is 0 Å². The number of aromatic hydroxyl groups is 1. The molecule has 2 N–H and O–H groups in total. The number of benzene rings is 2. The van der Waals surface area contributed by atoms with Crippen LogP contribution in [0.5, 0.6) is 5.75 Å². The van der Waals surface area contributed by atoms with Crippen LogP contribution in [0.3, 0.4) is 0 Å². The quantitative estimate of drug-likeness (QED) is 0.879. The highest BCUT2D eigenvalue weighted by Crippen LogP contribution is 2.39. The maximum Gasteiger partial charge on any atom is 0.336 e. The Morgan fingerprint density at radius 2 is 2.00 bits per heavy atom.